The number of hydrogen-bond acceptors (Lipinski definition) is 3. The van der Waals surface area contributed by atoms with Crippen LogP contribution in [0, 0.1) is 0 Å². The fourth-order valence-electron chi connectivity index (χ4n) is 2.80. The monoisotopic (exact) mass is 397 g/mol. The van der Waals surface area contributed by atoms with E-state index in [0.717, 1.165) is 32.9 Å². The fraction of sp³-hybridized carbons (Fsp3) is 0.273. The number of thioether (sulfide) groups is 1. The van der Waals surface area contributed by atoms with Crippen molar-refractivity contribution in [2.75, 3.05) is 0 Å². The minimum absolute atomic E-state index is 0.130. The lowest BCUT2D eigenvalue weighted by molar-refractivity contribution is 0.590. The molecule has 0 aliphatic heterocycles. The van der Waals surface area contributed by atoms with Crippen LogP contribution in [0.3, 0.4) is 0 Å². The van der Waals surface area contributed by atoms with Gasteiger partial charge in [-0.2, -0.15) is 0 Å². The molecule has 0 saturated carbocycles. The molecule has 1 heterocycles. The summed E-state index contributed by atoms with van der Waals surface area (Å²) in [5.74, 6) is 1.66. The van der Waals surface area contributed by atoms with Gasteiger partial charge in [0.15, 0.2) is 11.0 Å². The first kappa shape index (κ1) is 19.7. The zero-order chi connectivity index (χ0) is 19.4. The average molecular weight is 398 g/mol. The summed E-state index contributed by atoms with van der Waals surface area (Å²) >= 11 is 7.74. The maximum atomic E-state index is 6.08. The lowest BCUT2D eigenvalue weighted by Crippen LogP contribution is -2.10. The van der Waals surface area contributed by atoms with E-state index in [4.69, 9.17) is 11.6 Å². The molecule has 0 saturated heterocycles. The third-order valence-electron chi connectivity index (χ3n) is 4.29. The Morgan fingerprint density at radius 2 is 1.85 bits per heavy atom. The van der Waals surface area contributed by atoms with E-state index in [0.29, 0.717) is 6.54 Å². The zero-order valence-electron chi connectivity index (χ0n) is 15.9. The summed E-state index contributed by atoms with van der Waals surface area (Å²) in [5.41, 5.74) is 3.66. The highest BCUT2D eigenvalue weighted by Gasteiger charge is 2.16. The van der Waals surface area contributed by atoms with Gasteiger partial charge in [0.25, 0.3) is 0 Å². The van der Waals surface area contributed by atoms with Gasteiger partial charge in [-0.05, 0) is 28.7 Å². The smallest absolute Gasteiger partial charge is 0.192 e. The van der Waals surface area contributed by atoms with Crippen molar-refractivity contribution >= 4 is 23.4 Å². The molecule has 0 spiro atoms. The predicted molar refractivity (Wildman–Crippen MR) is 115 cm³/mol. The second-order valence-corrected chi connectivity index (χ2v) is 8.83. The second kappa shape index (κ2) is 8.32. The standard InChI is InChI=1S/C22H24ClN3S/c1-5-13-26-20(17-9-11-18(12-10-17)22(2,3)4)24-25-21(26)27-15-16-7-6-8-19(23)14-16/h5-12,14H,1,13,15H2,2-4H3. The molecule has 0 aliphatic carbocycles. The van der Waals surface area contributed by atoms with Gasteiger partial charge in [-0.3, -0.25) is 4.57 Å². The Morgan fingerprint density at radius 3 is 2.48 bits per heavy atom. The molecule has 140 valence electrons. The second-order valence-electron chi connectivity index (χ2n) is 7.45. The van der Waals surface area contributed by atoms with Crippen LogP contribution in [0.2, 0.25) is 5.02 Å². The first-order valence-corrected chi connectivity index (χ1v) is 10.3. The van der Waals surface area contributed by atoms with E-state index < -0.39 is 0 Å². The van der Waals surface area contributed by atoms with Gasteiger partial charge < -0.3 is 0 Å². The van der Waals surface area contributed by atoms with Crippen LogP contribution >= 0.6 is 23.4 Å². The van der Waals surface area contributed by atoms with Gasteiger partial charge in [-0.15, -0.1) is 16.8 Å². The van der Waals surface area contributed by atoms with Crippen molar-refractivity contribution < 1.29 is 0 Å². The Kier molecular flexibility index (Phi) is 6.08. The van der Waals surface area contributed by atoms with Crippen molar-refractivity contribution in [3.05, 3.63) is 77.3 Å². The molecule has 0 aliphatic rings. The normalized spacial score (nSPS) is 11.6. The Hall–Kier alpha value is -2.04. The van der Waals surface area contributed by atoms with E-state index >= 15 is 0 Å². The Labute approximate surface area is 170 Å². The summed E-state index contributed by atoms with van der Waals surface area (Å²) in [4.78, 5) is 0. The molecule has 3 rings (SSSR count). The Balaban J connectivity index is 1.85. The van der Waals surface area contributed by atoms with Crippen LogP contribution in [0.25, 0.3) is 11.4 Å². The molecule has 0 bridgehead atoms. The number of allylic oxidation sites excluding steroid dienone is 1. The predicted octanol–water partition coefficient (Wildman–Crippen LogP) is 6.37. The SMILES string of the molecule is C=CCn1c(SCc2cccc(Cl)c2)nnc1-c1ccc(C(C)(C)C)cc1. The molecule has 3 aromatic rings. The van der Waals surface area contributed by atoms with Crippen LogP contribution in [0.4, 0.5) is 0 Å². The van der Waals surface area contributed by atoms with Crippen LogP contribution in [-0.4, -0.2) is 14.8 Å². The Bertz CT molecular complexity index is 923. The van der Waals surface area contributed by atoms with E-state index in [1.165, 1.54) is 5.56 Å². The minimum Gasteiger partial charge on any atom is -0.298 e. The molecular weight excluding hydrogens is 374 g/mol. The largest absolute Gasteiger partial charge is 0.298 e. The maximum absolute atomic E-state index is 6.08. The molecule has 0 radical (unpaired) electrons. The van der Waals surface area contributed by atoms with Crippen molar-refractivity contribution in [1.29, 1.82) is 0 Å². The maximum Gasteiger partial charge on any atom is 0.192 e. The summed E-state index contributed by atoms with van der Waals surface area (Å²) in [5, 5.41) is 10.5. The van der Waals surface area contributed by atoms with Crippen LogP contribution < -0.4 is 0 Å². The molecule has 2 aromatic carbocycles. The fourth-order valence-corrected chi connectivity index (χ4v) is 3.90. The van der Waals surface area contributed by atoms with E-state index in [1.54, 1.807) is 11.8 Å². The quantitative estimate of drug-likeness (QED) is 0.357. The topological polar surface area (TPSA) is 30.7 Å². The summed E-state index contributed by atoms with van der Waals surface area (Å²) < 4.78 is 2.11. The van der Waals surface area contributed by atoms with Crippen LogP contribution in [-0.2, 0) is 17.7 Å². The van der Waals surface area contributed by atoms with Gasteiger partial charge in [0, 0.05) is 22.9 Å². The molecule has 1 aromatic heterocycles. The van der Waals surface area contributed by atoms with E-state index in [-0.39, 0.29) is 5.41 Å². The first-order chi connectivity index (χ1) is 12.9. The van der Waals surface area contributed by atoms with Gasteiger partial charge in [0.2, 0.25) is 0 Å². The lowest BCUT2D eigenvalue weighted by Gasteiger charge is -2.19. The molecule has 0 fully saturated rings. The first-order valence-electron chi connectivity index (χ1n) is 8.91. The average Bonchev–Trinajstić information content (AvgIpc) is 3.02. The lowest BCUT2D eigenvalue weighted by atomic mass is 9.87. The summed E-state index contributed by atoms with van der Waals surface area (Å²) in [6.45, 7) is 11.2. The van der Waals surface area contributed by atoms with Gasteiger partial charge in [0.1, 0.15) is 0 Å². The van der Waals surface area contributed by atoms with Gasteiger partial charge >= 0.3 is 0 Å². The van der Waals surface area contributed by atoms with Gasteiger partial charge in [-0.1, -0.05) is 86.6 Å². The molecule has 0 atom stereocenters. The highest BCUT2D eigenvalue weighted by atomic mass is 35.5. The van der Waals surface area contributed by atoms with E-state index in [1.807, 2.05) is 24.3 Å². The molecule has 0 N–H and O–H groups in total. The van der Waals surface area contributed by atoms with Crippen LogP contribution in [0.15, 0.2) is 66.3 Å². The molecule has 0 amide bonds. The van der Waals surface area contributed by atoms with Crippen LogP contribution in [0.5, 0.6) is 0 Å². The number of rotatable bonds is 6. The zero-order valence-corrected chi connectivity index (χ0v) is 17.5. The molecule has 5 heteroatoms. The highest BCUT2D eigenvalue weighted by Crippen LogP contribution is 2.29. The molecular formula is C22H24ClN3S. The summed E-state index contributed by atoms with van der Waals surface area (Å²) in [7, 11) is 0. The number of aromatic nitrogens is 3. The summed E-state index contributed by atoms with van der Waals surface area (Å²) in [6, 6.07) is 16.5. The van der Waals surface area contributed by atoms with Crippen molar-refractivity contribution in [3.8, 4) is 11.4 Å². The van der Waals surface area contributed by atoms with Crippen molar-refractivity contribution in [2.24, 2.45) is 0 Å². The third kappa shape index (κ3) is 4.82. The molecule has 27 heavy (non-hydrogen) atoms. The van der Waals surface area contributed by atoms with Gasteiger partial charge in [-0.25, -0.2) is 0 Å². The number of hydrogen-bond donors (Lipinski definition) is 0. The van der Waals surface area contributed by atoms with Crippen LogP contribution in [0.1, 0.15) is 31.9 Å². The number of benzene rings is 2. The van der Waals surface area contributed by atoms with E-state index in [9.17, 15) is 0 Å². The van der Waals surface area contributed by atoms with Crippen molar-refractivity contribution in [1.82, 2.24) is 14.8 Å². The summed E-state index contributed by atoms with van der Waals surface area (Å²) in [6.07, 6.45) is 1.87. The third-order valence-corrected chi connectivity index (χ3v) is 5.57. The molecule has 3 nitrogen and oxygen atoms in total. The van der Waals surface area contributed by atoms with Crippen molar-refractivity contribution in [3.63, 3.8) is 0 Å². The molecule has 0 unspecified atom stereocenters. The number of nitrogens with zero attached hydrogens (tertiary/aromatic N) is 3. The van der Waals surface area contributed by atoms with E-state index in [2.05, 4.69) is 72.4 Å². The highest BCUT2D eigenvalue weighted by molar-refractivity contribution is 7.98. The number of halogens is 1. The Morgan fingerprint density at radius 1 is 1.11 bits per heavy atom. The van der Waals surface area contributed by atoms with Crippen molar-refractivity contribution in [2.45, 2.75) is 43.6 Å². The minimum atomic E-state index is 0.130. The van der Waals surface area contributed by atoms with Gasteiger partial charge in [0.05, 0.1) is 0 Å².